The van der Waals surface area contributed by atoms with Gasteiger partial charge in [0.15, 0.2) is 0 Å². The van der Waals surface area contributed by atoms with Crippen LogP contribution >= 0.6 is 11.6 Å². The summed E-state index contributed by atoms with van der Waals surface area (Å²) >= 11 is 5.79. The second-order valence-corrected chi connectivity index (χ2v) is 6.78. The molecule has 0 radical (unpaired) electrons. The molecule has 0 bridgehead atoms. The van der Waals surface area contributed by atoms with Crippen molar-refractivity contribution in [3.8, 4) is 0 Å². The van der Waals surface area contributed by atoms with E-state index < -0.39 is 10.8 Å². The lowest BCUT2D eigenvalue weighted by atomic mass is 10.1. The van der Waals surface area contributed by atoms with E-state index in [0.717, 1.165) is 38.4 Å². The van der Waals surface area contributed by atoms with E-state index in [-0.39, 0.29) is 16.3 Å². The highest BCUT2D eigenvalue weighted by molar-refractivity contribution is 6.31. The zero-order chi connectivity index (χ0) is 19.4. The first-order valence-electron chi connectivity index (χ1n) is 8.80. The number of nitrogens with zero attached hydrogens (tertiary/aromatic N) is 3. The van der Waals surface area contributed by atoms with Gasteiger partial charge in [0.05, 0.1) is 4.92 Å². The van der Waals surface area contributed by atoms with Gasteiger partial charge >= 0.3 is 0 Å². The molecule has 27 heavy (non-hydrogen) atoms. The van der Waals surface area contributed by atoms with E-state index in [9.17, 15) is 14.9 Å². The zero-order valence-corrected chi connectivity index (χ0v) is 15.8. The number of carbonyl (C=O) groups excluding carboxylic acids is 1. The second kappa shape index (κ2) is 8.37. The van der Waals surface area contributed by atoms with Crippen molar-refractivity contribution in [2.24, 2.45) is 0 Å². The maximum atomic E-state index is 12.4. The highest BCUT2D eigenvalue weighted by Crippen LogP contribution is 2.25. The summed E-state index contributed by atoms with van der Waals surface area (Å²) in [6.45, 7) is 7.24. The summed E-state index contributed by atoms with van der Waals surface area (Å²) in [4.78, 5) is 27.7. The Hall–Kier alpha value is -2.64. The van der Waals surface area contributed by atoms with Gasteiger partial charge < -0.3 is 15.1 Å². The molecule has 8 heteroatoms. The molecule has 1 heterocycles. The number of carbonyl (C=O) groups is 1. The smallest absolute Gasteiger partial charge is 0.283 e. The van der Waals surface area contributed by atoms with Crippen LogP contribution in [-0.4, -0.2) is 48.5 Å². The number of likely N-dealkylation sites (N-methyl/N-ethyl adjacent to an activating group) is 1. The van der Waals surface area contributed by atoms with Crippen molar-refractivity contribution in [3.63, 3.8) is 0 Å². The summed E-state index contributed by atoms with van der Waals surface area (Å²) in [6.07, 6.45) is 0. The highest BCUT2D eigenvalue weighted by atomic mass is 35.5. The third kappa shape index (κ3) is 4.56. The minimum Gasteiger partial charge on any atom is -0.369 e. The standard InChI is InChI=1S/C19H21ClN4O3/c1-2-22-9-11-23(12-10-22)16-6-4-15(5-7-16)21-19(25)17-8-3-14(20)13-18(17)24(26)27/h3-8,13H,2,9-12H2,1H3,(H,21,25). The Morgan fingerprint density at radius 2 is 1.81 bits per heavy atom. The molecule has 1 N–H and O–H groups in total. The van der Waals surface area contributed by atoms with Crippen LogP contribution in [0.4, 0.5) is 17.1 Å². The van der Waals surface area contributed by atoms with Crippen molar-refractivity contribution < 1.29 is 9.72 Å². The maximum absolute atomic E-state index is 12.4. The number of hydrogen-bond donors (Lipinski definition) is 1. The largest absolute Gasteiger partial charge is 0.369 e. The molecule has 142 valence electrons. The zero-order valence-electron chi connectivity index (χ0n) is 15.0. The van der Waals surface area contributed by atoms with Crippen molar-refractivity contribution in [1.29, 1.82) is 0 Å². The van der Waals surface area contributed by atoms with E-state index in [0.29, 0.717) is 5.69 Å². The number of nitro benzene ring substituents is 1. The molecular weight excluding hydrogens is 368 g/mol. The molecule has 7 nitrogen and oxygen atoms in total. The Kier molecular flexibility index (Phi) is 5.93. The number of rotatable bonds is 5. The predicted octanol–water partition coefficient (Wildman–Crippen LogP) is 3.64. The number of nitrogens with one attached hydrogen (secondary N) is 1. The summed E-state index contributed by atoms with van der Waals surface area (Å²) in [5.74, 6) is -0.539. The predicted molar refractivity (Wildman–Crippen MR) is 107 cm³/mol. The van der Waals surface area contributed by atoms with E-state index in [4.69, 9.17) is 11.6 Å². The fraction of sp³-hybridized carbons (Fsp3) is 0.316. The Balaban J connectivity index is 1.68. The number of anilines is 2. The van der Waals surface area contributed by atoms with Gasteiger partial charge in [-0.05, 0) is 42.9 Å². The van der Waals surface area contributed by atoms with Crippen molar-refractivity contribution >= 4 is 34.6 Å². The molecule has 0 aromatic heterocycles. The Morgan fingerprint density at radius 3 is 2.41 bits per heavy atom. The molecule has 0 atom stereocenters. The third-order valence-corrected chi connectivity index (χ3v) is 4.95. The van der Waals surface area contributed by atoms with Crippen LogP contribution in [0, 0.1) is 10.1 Å². The number of benzene rings is 2. The Labute approximate surface area is 162 Å². The molecule has 1 saturated heterocycles. The first-order chi connectivity index (χ1) is 13.0. The first-order valence-corrected chi connectivity index (χ1v) is 9.18. The van der Waals surface area contributed by atoms with E-state index in [1.807, 2.05) is 12.1 Å². The van der Waals surface area contributed by atoms with Crippen molar-refractivity contribution in [2.75, 3.05) is 42.9 Å². The summed E-state index contributed by atoms with van der Waals surface area (Å²) in [5, 5.41) is 14.1. The van der Waals surface area contributed by atoms with Crippen LogP contribution in [0.3, 0.4) is 0 Å². The lowest BCUT2D eigenvalue weighted by molar-refractivity contribution is -0.385. The third-order valence-electron chi connectivity index (χ3n) is 4.71. The molecule has 2 aromatic rings. The van der Waals surface area contributed by atoms with Gasteiger partial charge in [-0.2, -0.15) is 0 Å². The van der Waals surface area contributed by atoms with Crippen LogP contribution in [-0.2, 0) is 0 Å². The average molecular weight is 389 g/mol. The van der Waals surface area contributed by atoms with Gasteiger partial charge in [0.1, 0.15) is 5.56 Å². The summed E-state index contributed by atoms with van der Waals surface area (Å²) in [7, 11) is 0. The molecule has 2 aromatic carbocycles. The summed E-state index contributed by atoms with van der Waals surface area (Å²) < 4.78 is 0. The number of amides is 1. The monoisotopic (exact) mass is 388 g/mol. The van der Waals surface area contributed by atoms with Crippen LogP contribution in [0.1, 0.15) is 17.3 Å². The molecule has 1 fully saturated rings. The molecule has 3 rings (SSSR count). The van der Waals surface area contributed by atoms with E-state index in [2.05, 4.69) is 22.0 Å². The number of piperazine rings is 1. The van der Waals surface area contributed by atoms with Crippen LogP contribution in [0.15, 0.2) is 42.5 Å². The van der Waals surface area contributed by atoms with Gasteiger partial charge in [-0.25, -0.2) is 0 Å². The first kappa shape index (κ1) is 19.1. The fourth-order valence-electron chi connectivity index (χ4n) is 3.12. The Morgan fingerprint density at radius 1 is 1.15 bits per heavy atom. The molecule has 1 amide bonds. The number of hydrogen-bond acceptors (Lipinski definition) is 5. The van der Waals surface area contributed by atoms with Crippen molar-refractivity contribution in [1.82, 2.24) is 4.90 Å². The minimum atomic E-state index is -0.611. The maximum Gasteiger partial charge on any atom is 0.283 e. The normalized spacial score (nSPS) is 14.8. The van der Waals surface area contributed by atoms with Crippen molar-refractivity contribution in [3.05, 3.63) is 63.2 Å². The van der Waals surface area contributed by atoms with E-state index in [1.165, 1.54) is 18.2 Å². The summed E-state index contributed by atoms with van der Waals surface area (Å²) in [6, 6.07) is 11.5. The Bertz CT molecular complexity index is 833. The average Bonchev–Trinajstić information content (AvgIpc) is 2.68. The number of nitro groups is 1. The number of halogens is 1. The molecule has 0 aliphatic carbocycles. The van der Waals surface area contributed by atoms with Gasteiger partial charge in [-0.1, -0.05) is 18.5 Å². The van der Waals surface area contributed by atoms with Gasteiger partial charge in [0.25, 0.3) is 11.6 Å². The SMILES string of the molecule is CCN1CCN(c2ccc(NC(=O)c3ccc(Cl)cc3[N+](=O)[O-])cc2)CC1. The van der Waals surface area contributed by atoms with E-state index >= 15 is 0 Å². The van der Waals surface area contributed by atoms with Crippen molar-refractivity contribution in [2.45, 2.75) is 6.92 Å². The topological polar surface area (TPSA) is 78.7 Å². The molecular formula is C19H21ClN4O3. The molecule has 0 spiro atoms. The van der Waals surface area contributed by atoms with Gasteiger partial charge in [-0.3, -0.25) is 14.9 Å². The van der Waals surface area contributed by atoms with Gasteiger partial charge in [-0.15, -0.1) is 0 Å². The molecule has 1 aliphatic rings. The highest BCUT2D eigenvalue weighted by Gasteiger charge is 2.21. The minimum absolute atomic E-state index is 0.0239. The quantitative estimate of drug-likeness (QED) is 0.624. The lowest BCUT2D eigenvalue weighted by Gasteiger charge is -2.35. The van der Waals surface area contributed by atoms with Gasteiger partial charge in [0, 0.05) is 48.6 Å². The molecule has 0 unspecified atom stereocenters. The molecule has 0 saturated carbocycles. The van der Waals surface area contributed by atoms with Gasteiger partial charge in [0.2, 0.25) is 0 Å². The fourth-order valence-corrected chi connectivity index (χ4v) is 3.29. The lowest BCUT2D eigenvalue weighted by Crippen LogP contribution is -2.46. The van der Waals surface area contributed by atoms with Crippen LogP contribution in [0.2, 0.25) is 5.02 Å². The second-order valence-electron chi connectivity index (χ2n) is 6.34. The van der Waals surface area contributed by atoms with E-state index in [1.54, 1.807) is 12.1 Å². The van der Waals surface area contributed by atoms with Crippen LogP contribution in [0.25, 0.3) is 0 Å². The van der Waals surface area contributed by atoms with Crippen LogP contribution in [0.5, 0.6) is 0 Å². The summed E-state index contributed by atoms with van der Waals surface area (Å²) in [5.41, 5.74) is 1.34. The molecule has 1 aliphatic heterocycles. The van der Waals surface area contributed by atoms with Crippen LogP contribution < -0.4 is 10.2 Å².